The van der Waals surface area contributed by atoms with Crippen molar-refractivity contribution in [2.24, 2.45) is 0 Å². The molecule has 0 saturated carbocycles. The highest BCUT2D eigenvalue weighted by molar-refractivity contribution is 9.10. The van der Waals surface area contributed by atoms with Gasteiger partial charge < -0.3 is 4.98 Å². The zero-order valence-corrected chi connectivity index (χ0v) is 12.1. The van der Waals surface area contributed by atoms with Gasteiger partial charge in [0.1, 0.15) is 5.15 Å². The molecule has 17 heavy (non-hydrogen) atoms. The first-order valence-electron chi connectivity index (χ1n) is 4.60. The van der Waals surface area contributed by atoms with Crippen molar-refractivity contribution in [2.75, 3.05) is 0 Å². The van der Waals surface area contributed by atoms with Crippen molar-refractivity contribution in [1.29, 1.82) is 0 Å². The topological polar surface area (TPSA) is 41.6 Å². The average molecular weight is 349 g/mol. The summed E-state index contributed by atoms with van der Waals surface area (Å²) in [4.78, 5) is 12.7. The summed E-state index contributed by atoms with van der Waals surface area (Å²) >= 11 is 16.8. The van der Waals surface area contributed by atoms with E-state index in [0.717, 1.165) is 20.7 Å². The number of imidazole rings is 1. The Morgan fingerprint density at radius 2 is 2.12 bits per heavy atom. The van der Waals surface area contributed by atoms with Crippen molar-refractivity contribution >= 4 is 61.6 Å². The van der Waals surface area contributed by atoms with Crippen LogP contribution in [0.25, 0.3) is 21.9 Å². The summed E-state index contributed by atoms with van der Waals surface area (Å²) in [6.07, 6.45) is 0. The molecule has 0 fully saturated rings. The molecule has 0 aromatic carbocycles. The number of halogens is 3. The van der Waals surface area contributed by atoms with Crippen molar-refractivity contribution in [3.8, 4) is 10.7 Å². The van der Waals surface area contributed by atoms with Gasteiger partial charge in [0.15, 0.2) is 11.5 Å². The fourth-order valence-electron chi connectivity index (χ4n) is 1.47. The van der Waals surface area contributed by atoms with Crippen LogP contribution in [0.1, 0.15) is 0 Å². The number of nitrogens with one attached hydrogen (secondary N) is 1. The molecule has 0 aliphatic rings. The van der Waals surface area contributed by atoms with E-state index in [0.29, 0.717) is 10.7 Å². The molecule has 0 atom stereocenters. The van der Waals surface area contributed by atoms with E-state index in [4.69, 9.17) is 23.2 Å². The Morgan fingerprint density at radius 1 is 1.29 bits per heavy atom. The molecule has 1 N–H and O–H groups in total. The van der Waals surface area contributed by atoms with Gasteiger partial charge in [-0.1, -0.05) is 23.2 Å². The SMILES string of the molecule is Clc1cc2[nH]c(-c3sccc3Br)nc2nc1Cl. The van der Waals surface area contributed by atoms with Gasteiger partial charge in [0.2, 0.25) is 0 Å². The summed E-state index contributed by atoms with van der Waals surface area (Å²) in [6.45, 7) is 0. The highest BCUT2D eigenvalue weighted by Gasteiger charge is 2.12. The van der Waals surface area contributed by atoms with Crippen LogP contribution in [0.5, 0.6) is 0 Å². The molecular formula is C10H4BrCl2N3S. The molecule has 0 spiro atoms. The number of thiophene rings is 1. The fourth-order valence-corrected chi connectivity index (χ4v) is 3.26. The van der Waals surface area contributed by atoms with Gasteiger partial charge in [-0.3, -0.25) is 0 Å². The van der Waals surface area contributed by atoms with E-state index in [9.17, 15) is 0 Å². The number of fused-ring (bicyclic) bond motifs is 1. The maximum absolute atomic E-state index is 5.90. The molecule has 3 aromatic rings. The monoisotopic (exact) mass is 347 g/mol. The predicted octanol–water partition coefficient (Wildman–Crippen LogP) is 4.76. The minimum atomic E-state index is 0.266. The van der Waals surface area contributed by atoms with Gasteiger partial charge in [0.05, 0.1) is 15.4 Å². The summed E-state index contributed by atoms with van der Waals surface area (Å²) in [7, 11) is 0. The number of pyridine rings is 1. The summed E-state index contributed by atoms with van der Waals surface area (Å²) in [6, 6.07) is 3.70. The van der Waals surface area contributed by atoms with Gasteiger partial charge in [-0.25, -0.2) is 9.97 Å². The van der Waals surface area contributed by atoms with Gasteiger partial charge in [-0.2, -0.15) is 0 Å². The molecule has 0 amide bonds. The molecule has 0 saturated heterocycles. The molecule has 86 valence electrons. The van der Waals surface area contributed by atoms with E-state index in [1.54, 1.807) is 17.4 Å². The zero-order valence-electron chi connectivity index (χ0n) is 8.17. The fraction of sp³-hybridized carbons (Fsp3) is 0. The molecule has 0 aliphatic carbocycles. The van der Waals surface area contributed by atoms with Crippen LogP contribution in [0, 0.1) is 0 Å². The molecular weight excluding hydrogens is 345 g/mol. The molecule has 3 rings (SSSR count). The van der Waals surface area contributed by atoms with Crippen LogP contribution in [0.4, 0.5) is 0 Å². The minimum Gasteiger partial charge on any atom is -0.336 e. The second kappa shape index (κ2) is 4.24. The van der Waals surface area contributed by atoms with Crippen LogP contribution in [0.2, 0.25) is 10.2 Å². The number of H-pyrrole nitrogens is 1. The van der Waals surface area contributed by atoms with E-state index in [1.165, 1.54) is 0 Å². The molecule has 7 heteroatoms. The first-order valence-corrected chi connectivity index (χ1v) is 7.03. The lowest BCUT2D eigenvalue weighted by Crippen LogP contribution is -1.79. The largest absolute Gasteiger partial charge is 0.336 e. The molecule has 0 unspecified atom stereocenters. The first kappa shape index (κ1) is 11.5. The van der Waals surface area contributed by atoms with Gasteiger partial charge in [-0.15, -0.1) is 11.3 Å². The highest BCUT2D eigenvalue weighted by Crippen LogP contribution is 2.33. The van der Waals surface area contributed by atoms with E-state index in [2.05, 4.69) is 30.9 Å². The molecule has 0 radical (unpaired) electrons. The number of aromatic amines is 1. The van der Waals surface area contributed by atoms with Crippen molar-refractivity contribution in [2.45, 2.75) is 0 Å². The van der Waals surface area contributed by atoms with Crippen molar-refractivity contribution in [3.05, 3.63) is 32.2 Å². The van der Waals surface area contributed by atoms with E-state index in [1.807, 2.05) is 11.4 Å². The van der Waals surface area contributed by atoms with Crippen LogP contribution in [-0.2, 0) is 0 Å². The van der Waals surface area contributed by atoms with Gasteiger partial charge >= 0.3 is 0 Å². The van der Waals surface area contributed by atoms with Gasteiger partial charge in [0, 0.05) is 4.47 Å². The van der Waals surface area contributed by atoms with Gasteiger partial charge in [-0.05, 0) is 33.4 Å². The average Bonchev–Trinajstić information content (AvgIpc) is 2.85. The lowest BCUT2D eigenvalue weighted by molar-refractivity contribution is 1.31. The van der Waals surface area contributed by atoms with Crippen LogP contribution in [0.15, 0.2) is 22.0 Å². The third kappa shape index (κ3) is 1.97. The number of rotatable bonds is 1. The number of hydrogen-bond acceptors (Lipinski definition) is 3. The summed E-state index contributed by atoms with van der Waals surface area (Å²) in [5.74, 6) is 0.757. The summed E-state index contributed by atoms with van der Waals surface area (Å²) < 4.78 is 0.999. The second-order valence-electron chi connectivity index (χ2n) is 3.32. The Bertz CT molecular complexity index is 668. The number of nitrogens with zero attached hydrogens (tertiary/aromatic N) is 2. The molecule has 3 nitrogen and oxygen atoms in total. The van der Waals surface area contributed by atoms with Crippen LogP contribution in [-0.4, -0.2) is 15.0 Å². The second-order valence-corrected chi connectivity index (χ2v) is 5.85. The quantitative estimate of drug-likeness (QED) is 0.644. The predicted molar refractivity (Wildman–Crippen MR) is 74.9 cm³/mol. The van der Waals surface area contributed by atoms with E-state index in [-0.39, 0.29) is 5.15 Å². The van der Waals surface area contributed by atoms with E-state index >= 15 is 0 Å². The maximum atomic E-state index is 5.90. The van der Waals surface area contributed by atoms with Crippen molar-refractivity contribution in [1.82, 2.24) is 15.0 Å². The van der Waals surface area contributed by atoms with Crippen LogP contribution >= 0.6 is 50.5 Å². The smallest absolute Gasteiger partial charge is 0.179 e. The standard InChI is InChI=1S/C10H4BrCl2N3S/c11-4-1-2-17-7(4)10-14-6-3-5(12)8(13)15-9(6)16-10/h1-3H,(H,14,15,16). The zero-order chi connectivity index (χ0) is 12.0. The lowest BCUT2D eigenvalue weighted by Gasteiger charge is -1.92. The normalized spacial score (nSPS) is 11.2. The third-order valence-electron chi connectivity index (χ3n) is 2.22. The Labute approximate surface area is 119 Å². The Balaban J connectivity index is 2.24. The van der Waals surface area contributed by atoms with Crippen molar-refractivity contribution in [3.63, 3.8) is 0 Å². The Morgan fingerprint density at radius 3 is 2.82 bits per heavy atom. The minimum absolute atomic E-state index is 0.266. The summed E-state index contributed by atoms with van der Waals surface area (Å²) in [5.41, 5.74) is 1.34. The Hall–Kier alpha value is -0.620. The van der Waals surface area contributed by atoms with Crippen molar-refractivity contribution < 1.29 is 0 Å². The molecule has 3 heterocycles. The number of aromatic nitrogens is 3. The third-order valence-corrected chi connectivity index (χ3v) is 4.73. The lowest BCUT2D eigenvalue weighted by atomic mass is 10.4. The van der Waals surface area contributed by atoms with Crippen LogP contribution < -0.4 is 0 Å². The summed E-state index contributed by atoms with van der Waals surface area (Å²) in [5, 5.41) is 2.67. The highest BCUT2D eigenvalue weighted by atomic mass is 79.9. The molecule has 0 bridgehead atoms. The molecule has 3 aromatic heterocycles. The van der Waals surface area contributed by atoms with Gasteiger partial charge in [0.25, 0.3) is 0 Å². The van der Waals surface area contributed by atoms with E-state index < -0.39 is 0 Å². The van der Waals surface area contributed by atoms with Crippen LogP contribution in [0.3, 0.4) is 0 Å². The first-order chi connectivity index (χ1) is 8.15. The Kier molecular flexibility index (Phi) is 2.86. The number of hydrogen-bond donors (Lipinski definition) is 1. The molecule has 0 aliphatic heterocycles. The maximum Gasteiger partial charge on any atom is 0.179 e.